The number of carbonyl (C=O) groups excluding carboxylic acids is 1. The highest BCUT2D eigenvalue weighted by atomic mass is 32.2. The minimum absolute atomic E-state index is 0.137. The molecule has 0 saturated carbocycles. The highest BCUT2D eigenvalue weighted by molar-refractivity contribution is 7.99. The summed E-state index contributed by atoms with van der Waals surface area (Å²) in [4.78, 5) is 23.4. The minimum atomic E-state index is -0.137. The molecule has 0 fully saturated rings. The fourth-order valence-corrected chi connectivity index (χ4v) is 5.60. The van der Waals surface area contributed by atoms with Crippen LogP contribution in [0.2, 0.25) is 0 Å². The molecule has 0 spiro atoms. The Hall–Kier alpha value is -1.67. The number of aromatic nitrogens is 4. The third-order valence-electron chi connectivity index (χ3n) is 4.70. The Bertz CT molecular complexity index is 950. The van der Waals surface area contributed by atoms with Crippen molar-refractivity contribution < 1.29 is 9.53 Å². The maximum absolute atomic E-state index is 11.5. The molecule has 1 atom stereocenters. The van der Waals surface area contributed by atoms with Gasteiger partial charge in [0.15, 0.2) is 10.8 Å². The Morgan fingerprint density at radius 1 is 1.50 bits per heavy atom. The third kappa shape index (κ3) is 3.32. The van der Waals surface area contributed by atoms with Gasteiger partial charge in [-0.3, -0.25) is 4.79 Å². The van der Waals surface area contributed by atoms with Crippen LogP contribution in [0.5, 0.6) is 0 Å². The Balaban J connectivity index is 1.60. The van der Waals surface area contributed by atoms with Crippen molar-refractivity contribution in [1.29, 1.82) is 0 Å². The van der Waals surface area contributed by atoms with Gasteiger partial charge in [-0.1, -0.05) is 18.7 Å². The summed E-state index contributed by atoms with van der Waals surface area (Å²) in [5.74, 6) is 1.37. The van der Waals surface area contributed by atoms with Gasteiger partial charge in [0, 0.05) is 17.1 Å². The van der Waals surface area contributed by atoms with Gasteiger partial charge in [0.1, 0.15) is 11.2 Å². The van der Waals surface area contributed by atoms with E-state index in [4.69, 9.17) is 9.72 Å². The molecule has 8 heteroatoms. The van der Waals surface area contributed by atoms with Gasteiger partial charge < -0.3 is 4.74 Å². The van der Waals surface area contributed by atoms with Gasteiger partial charge in [-0.25, -0.2) is 9.97 Å². The molecular weight excluding hydrogens is 368 g/mol. The molecule has 0 amide bonds. The molecule has 3 aromatic heterocycles. The van der Waals surface area contributed by atoms with Crippen LogP contribution in [0.1, 0.15) is 43.6 Å². The lowest BCUT2D eigenvalue weighted by molar-refractivity contribution is -0.143. The van der Waals surface area contributed by atoms with Crippen LogP contribution in [-0.2, 0) is 22.4 Å². The van der Waals surface area contributed by atoms with E-state index < -0.39 is 0 Å². The van der Waals surface area contributed by atoms with E-state index in [1.54, 1.807) is 29.4 Å². The van der Waals surface area contributed by atoms with Crippen LogP contribution in [0.25, 0.3) is 15.9 Å². The zero-order valence-corrected chi connectivity index (χ0v) is 16.7. The summed E-state index contributed by atoms with van der Waals surface area (Å²) in [7, 11) is 0. The number of carbonyl (C=O) groups is 1. The molecule has 0 aliphatic heterocycles. The molecule has 138 valence electrons. The molecule has 1 unspecified atom stereocenters. The molecule has 0 radical (unpaired) electrons. The molecule has 4 rings (SSSR count). The molecule has 0 N–H and O–H groups in total. The van der Waals surface area contributed by atoms with Gasteiger partial charge in [0.25, 0.3) is 0 Å². The number of rotatable bonds is 6. The van der Waals surface area contributed by atoms with Crippen molar-refractivity contribution in [2.75, 3.05) is 12.4 Å². The number of fused-ring (bicyclic) bond motifs is 5. The SMILES string of the molecule is CCOC(=O)CCCSc1nc2sc3c(c2c2ncnn12)CC(C)CC3. The van der Waals surface area contributed by atoms with Crippen molar-refractivity contribution in [3.05, 3.63) is 16.8 Å². The van der Waals surface area contributed by atoms with Crippen molar-refractivity contribution in [3.8, 4) is 0 Å². The number of aryl methyl sites for hydroxylation is 1. The molecule has 1 aliphatic carbocycles. The molecule has 26 heavy (non-hydrogen) atoms. The second-order valence-corrected chi connectivity index (χ2v) is 8.82. The van der Waals surface area contributed by atoms with Gasteiger partial charge in [0.05, 0.1) is 12.0 Å². The lowest BCUT2D eigenvalue weighted by Gasteiger charge is -2.17. The number of esters is 1. The van der Waals surface area contributed by atoms with Crippen LogP contribution in [-0.4, -0.2) is 37.9 Å². The van der Waals surface area contributed by atoms with E-state index in [1.807, 2.05) is 11.4 Å². The maximum atomic E-state index is 11.5. The summed E-state index contributed by atoms with van der Waals surface area (Å²) < 4.78 is 6.83. The summed E-state index contributed by atoms with van der Waals surface area (Å²) in [6, 6.07) is 0. The van der Waals surface area contributed by atoms with Crippen molar-refractivity contribution >= 4 is 44.9 Å². The van der Waals surface area contributed by atoms with Crippen LogP contribution in [0.15, 0.2) is 11.5 Å². The summed E-state index contributed by atoms with van der Waals surface area (Å²) in [5.41, 5.74) is 2.34. The zero-order chi connectivity index (χ0) is 18.1. The van der Waals surface area contributed by atoms with E-state index in [9.17, 15) is 4.79 Å². The number of hydrogen-bond acceptors (Lipinski definition) is 7. The van der Waals surface area contributed by atoms with Crippen molar-refractivity contribution in [1.82, 2.24) is 19.6 Å². The molecule has 3 aromatic rings. The Morgan fingerprint density at radius 3 is 3.23 bits per heavy atom. The van der Waals surface area contributed by atoms with Crippen molar-refractivity contribution in [2.24, 2.45) is 5.92 Å². The van der Waals surface area contributed by atoms with E-state index in [1.165, 1.54) is 22.2 Å². The number of hydrogen-bond donors (Lipinski definition) is 0. The first-order valence-electron chi connectivity index (χ1n) is 9.09. The van der Waals surface area contributed by atoms with Crippen molar-refractivity contribution in [3.63, 3.8) is 0 Å². The minimum Gasteiger partial charge on any atom is -0.466 e. The number of nitrogens with zero attached hydrogens (tertiary/aromatic N) is 4. The molecule has 0 bridgehead atoms. The largest absolute Gasteiger partial charge is 0.466 e. The average molecular weight is 391 g/mol. The highest BCUT2D eigenvalue weighted by Gasteiger charge is 2.24. The lowest BCUT2D eigenvalue weighted by Crippen LogP contribution is -2.09. The fourth-order valence-electron chi connectivity index (χ4n) is 3.45. The highest BCUT2D eigenvalue weighted by Crippen LogP contribution is 2.39. The van der Waals surface area contributed by atoms with Crippen LogP contribution >= 0.6 is 23.1 Å². The van der Waals surface area contributed by atoms with Gasteiger partial charge in [-0.2, -0.15) is 9.61 Å². The van der Waals surface area contributed by atoms with E-state index in [-0.39, 0.29) is 5.97 Å². The molecule has 6 nitrogen and oxygen atoms in total. The maximum Gasteiger partial charge on any atom is 0.305 e. The second kappa shape index (κ2) is 7.52. The smallest absolute Gasteiger partial charge is 0.305 e. The van der Waals surface area contributed by atoms with Crippen LogP contribution < -0.4 is 0 Å². The lowest BCUT2D eigenvalue weighted by atomic mass is 9.89. The van der Waals surface area contributed by atoms with E-state index >= 15 is 0 Å². The van der Waals surface area contributed by atoms with Gasteiger partial charge in [0.2, 0.25) is 0 Å². The first kappa shape index (κ1) is 17.7. The summed E-state index contributed by atoms with van der Waals surface area (Å²) in [6.45, 7) is 4.58. The monoisotopic (exact) mass is 390 g/mol. The molecular formula is C18H22N4O2S2. The van der Waals surface area contributed by atoms with E-state index in [2.05, 4.69) is 17.0 Å². The van der Waals surface area contributed by atoms with E-state index in [0.717, 1.165) is 40.6 Å². The van der Waals surface area contributed by atoms with Gasteiger partial charge in [-0.05, 0) is 44.1 Å². The van der Waals surface area contributed by atoms with Crippen LogP contribution in [0.3, 0.4) is 0 Å². The predicted octanol–water partition coefficient (Wildman–Crippen LogP) is 3.90. The van der Waals surface area contributed by atoms with Gasteiger partial charge >= 0.3 is 5.97 Å². The van der Waals surface area contributed by atoms with E-state index in [0.29, 0.717) is 18.9 Å². The number of thioether (sulfide) groups is 1. The summed E-state index contributed by atoms with van der Waals surface area (Å²) in [6.07, 6.45) is 6.30. The first-order chi connectivity index (χ1) is 12.7. The second-order valence-electron chi connectivity index (χ2n) is 6.68. The number of thiophene rings is 1. The molecule has 1 aliphatic rings. The van der Waals surface area contributed by atoms with Crippen molar-refractivity contribution in [2.45, 2.75) is 51.1 Å². The molecule has 0 aromatic carbocycles. The van der Waals surface area contributed by atoms with Crippen LogP contribution in [0, 0.1) is 5.92 Å². The standard InChI is InChI=1S/C18H22N4O2S2/c1-3-24-14(23)5-4-8-25-18-21-17-15(16-19-10-20-22(16)18)12-9-11(2)6-7-13(12)26-17/h10-11H,3-9H2,1-2H3. The topological polar surface area (TPSA) is 69.4 Å². The molecule has 3 heterocycles. The Labute approximate surface area is 160 Å². The fraction of sp³-hybridized carbons (Fsp3) is 0.556. The van der Waals surface area contributed by atoms with Crippen LogP contribution in [0.4, 0.5) is 0 Å². The average Bonchev–Trinajstić information content (AvgIpc) is 3.22. The summed E-state index contributed by atoms with van der Waals surface area (Å²) >= 11 is 3.43. The third-order valence-corrected chi connectivity index (χ3v) is 6.90. The quantitative estimate of drug-likeness (QED) is 0.275. The number of ether oxygens (including phenoxy) is 1. The first-order valence-corrected chi connectivity index (χ1v) is 10.9. The molecule has 0 saturated heterocycles. The Morgan fingerprint density at radius 2 is 2.38 bits per heavy atom. The normalized spacial score (nSPS) is 16.9. The summed E-state index contributed by atoms with van der Waals surface area (Å²) in [5, 5.41) is 6.43. The predicted molar refractivity (Wildman–Crippen MR) is 104 cm³/mol. The Kier molecular flexibility index (Phi) is 5.13. The van der Waals surface area contributed by atoms with Gasteiger partial charge in [-0.15, -0.1) is 11.3 Å². The zero-order valence-electron chi connectivity index (χ0n) is 15.0.